The number of benzene rings is 1. The summed E-state index contributed by atoms with van der Waals surface area (Å²) >= 11 is 1.56. The largest absolute Gasteiger partial charge is 0.481 e. The lowest BCUT2D eigenvalue weighted by Gasteiger charge is -2.12. The van der Waals surface area contributed by atoms with Crippen molar-refractivity contribution in [3.63, 3.8) is 0 Å². The van der Waals surface area contributed by atoms with Crippen molar-refractivity contribution in [3.8, 4) is 11.1 Å². The summed E-state index contributed by atoms with van der Waals surface area (Å²) in [4.78, 5) is 31.0. The van der Waals surface area contributed by atoms with Crippen molar-refractivity contribution in [2.45, 2.75) is 59.9 Å². The smallest absolute Gasteiger partial charge is 0.303 e. The Morgan fingerprint density at radius 3 is 2.61 bits per heavy atom. The molecule has 0 atom stereocenters. The highest BCUT2D eigenvalue weighted by Crippen LogP contribution is 2.36. The van der Waals surface area contributed by atoms with Crippen molar-refractivity contribution in [3.05, 3.63) is 50.4 Å². The van der Waals surface area contributed by atoms with Crippen molar-refractivity contribution in [1.29, 1.82) is 0 Å². The fourth-order valence-corrected chi connectivity index (χ4v) is 4.57. The van der Waals surface area contributed by atoms with Gasteiger partial charge in [-0.05, 0) is 50.3 Å². The van der Waals surface area contributed by atoms with E-state index in [1.807, 2.05) is 6.92 Å². The second-order valence-corrected chi connectivity index (χ2v) is 8.45. The minimum atomic E-state index is -0.846. The molecule has 0 aliphatic carbocycles. The molecule has 5 nitrogen and oxygen atoms in total. The highest BCUT2D eigenvalue weighted by atomic mass is 32.1. The minimum absolute atomic E-state index is 0.0444. The molecule has 2 aromatic heterocycles. The molecule has 0 aliphatic heterocycles. The number of hydrogen-bond acceptors (Lipinski definition) is 4. The molecule has 1 N–H and O–H groups in total. The maximum Gasteiger partial charge on any atom is 0.303 e. The Morgan fingerprint density at radius 2 is 1.96 bits per heavy atom. The number of aliphatic carboxylic acids is 1. The minimum Gasteiger partial charge on any atom is -0.481 e. The number of aryl methyl sites for hydroxylation is 4. The van der Waals surface area contributed by atoms with Crippen molar-refractivity contribution in [2.24, 2.45) is 0 Å². The fourth-order valence-electron chi connectivity index (χ4n) is 3.51. The zero-order chi connectivity index (χ0) is 20.4. The molecule has 28 heavy (non-hydrogen) atoms. The van der Waals surface area contributed by atoms with Gasteiger partial charge in [0.1, 0.15) is 10.7 Å². The van der Waals surface area contributed by atoms with Gasteiger partial charge in [-0.25, -0.2) is 4.98 Å². The van der Waals surface area contributed by atoms with Crippen LogP contribution in [-0.4, -0.2) is 20.6 Å². The Morgan fingerprint density at radius 1 is 1.21 bits per heavy atom. The van der Waals surface area contributed by atoms with E-state index in [9.17, 15) is 9.59 Å². The topological polar surface area (TPSA) is 72.2 Å². The van der Waals surface area contributed by atoms with Gasteiger partial charge in [-0.2, -0.15) is 0 Å². The SMILES string of the molecule is CCCc1nc2sc(C)c(-c3ccc(C)c(C)c3)c2c(=O)n1CCCC(=O)O. The first-order valence-corrected chi connectivity index (χ1v) is 10.5. The molecule has 0 bridgehead atoms. The molecule has 0 unspecified atom stereocenters. The zero-order valence-corrected chi connectivity index (χ0v) is 17.7. The van der Waals surface area contributed by atoms with Gasteiger partial charge < -0.3 is 5.11 Å². The van der Waals surface area contributed by atoms with Crippen LogP contribution in [0.15, 0.2) is 23.0 Å². The summed E-state index contributed by atoms with van der Waals surface area (Å²) < 4.78 is 1.69. The lowest BCUT2D eigenvalue weighted by Crippen LogP contribution is -2.25. The van der Waals surface area contributed by atoms with Gasteiger partial charge in [-0.3, -0.25) is 14.2 Å². The van der Waals surface area contributed by atoms with Gasteiger partial charge in [0.05, 0.1) is 5.39 Å². The Kier molecular flexibility index (Phi) is 5.98. The van der Waals surface area contributed by atoms with Gasteiger partial charge in [0.2, 0.25) is 0 Å². The maximum absolute atomic E-state index is 13.4. The van der Waals surface area contributed by atoms with Crippen LogP contribution in [0.3, 0.4) is 0 Å². The second-order valence-electron chi connectivity index (χ2n) is 7.24. The van der Waals surface area contributed by atoms with Gasteiger partial charge in [0.15, 0.2) is 0 Å². The highest BCUT2D eigenvalue weighted by Gasteiger charge is 2.20. The molecular formula is C22H26N2O3S. The molecule has 1 aromatic carbocycles. The number of nitrogens with zero attached hydrogens (tertiary/aromatic N) is 2. The second kappa shape index (κ2) is 8.27. The number of carbonyl (C=O) groups is 1. The molecule has 148 valence electrons. The van der Waals surface area contributed by atoms with E-state index in [-0.39, 0.29) is 12.0 Å². The molecule has 0 radical (unpaired) electrons. The predicted molar refractivity (Wildman–Crippen MR) is 114 cm³/mol. The van der Waals surface area contributed by atoms with Crippen molar-refractivity contribution in [1.82, 2.24) is 9.55 Å². The van der Waals surface area contributed by atoms with Gasteiger partial charge in [-0.15, -0.1) is 11.3 Å². The molecule has 6 heteroatoms. The predicted octanol–water partition coefficient (Wildman–Crippen LogP) is 4.87. The van der Waals surface area contributed by atoms with E-state index in [1.165, 1.54) is 11.1 Å². The van der Waals surface area contributed by atoms with E-state index in [1.54, 1.807) is 15.9 Å². The number of fused-ring (bicyclic) bond motifs is 1. The summed E-state index contributed by atoms with van der Waals surface area (Å²) in [5.41, 5.74) is 4.34. The Bertz CT molecular complexity index is 1100. The summed E-state index contributed by atoms with van der Waals surface area (Å²) in [6.07, 6.45) is 2.05. The molecule has 2 heterocycles. The van der Waals surface area contributed by atoms with E-state index in [0.717, 1.165) is 33.1 Å². The third-order valence-electron chi connectivity index (χ3n) is 5.11. The summed E-state index contributed by atoms with van der Waals surface area (Å²) in [7, 11) is 0. The van der Waals surface area contributed by atoms with Crippen LogP contribution < -0.4 is 5.56 Å². The number of aromatic nitrogens is 2. The van der Waals surface area contributed by atoms with Crippen molar-refractivity contribution >= 4 is 27.5 Å². The lowest BCUT2D eigenvalue weighted by atomic mass is 9.99. The van der Waals surface area contributed by atoms with E-state index in [4.69, 9.17) is 10.1 Å². The lowest BCUT2D eigenvalue weighted by molar-refractivity contribution is -0.137. The van der Waals surface area contributed by atoms with Crippen molar-refractivity contribution in [2.75, 3.05) is 0 Å². The number of carboxylic acids is 1. The molecule has 3 aromatic rings. The number of carboxylic acid groups (broad SMARTS) is 1. The maximum atomic E-state index is 13.4. The molecular weight excluding hydrogens is 372 g/mol. The first kappa shape index (κ1) is 20.3. The van der Waals surface area contributed by atoms with Crippen LogP contribution in [0.2, 0.25) is 0 Å². The monoisotopic (exact) mass is 398 g/mol. The third-order valence-corrected chi connectivity index (χ3v) is 6.11. The van der Waals surface area contributed by atoms with Gasteiger partial charge in [-0.1, -0.05) is 25.1 Å². The summed E-state index contributed by atoms with van der Waals surface area (Å²) in [6.45, 7) is 8.61. The average Bonchev–Trinajstić information content (AvgIpc) is 2.96. The zero-order valence-electron chi connectivity index (χ0n) is 16.8. The average molecular weight is 399 g/mol. The van der Waals surface area contributed by atoms with Crippen LogP contribution in [-0.2, 0) is 17.8 Å². The van der Waals surface area contributed by atoms with E-state index in [0.29, 0.717) is 24.8 Å². The first-order valence-electron chi connectivity index (χ1n) is 9.65. The summed E-state index contributed by atoms with van der Waals surface area (Å²) in [5.74, 6) is -0.0976. The molecule has 0 amide bonds. The molecule has 0 fully saturated rings. The van der Waals surface area contributed by atoms with Crippen LogP contribution in [0, 0.1) is 20.8 Å². The third kappa shape index (κ3) is 3.87. The molecule has 0 saturated carbocycles. The standard InChI is InChI=1S/C22H26N2O3S/c1-5-7-17-23-21-20(22(27)24(17)11-6-8-18(25)26)19(15(4)28-21)16-10-9-13(2)14(3)12-16/h9-10,12H,5-8,11H2,1-4H3,(H,25,26). The first-order chi connectivity index (χ1) is 13.3. The molecule has 0 saturated heterocycles. The molecule has 0 aliphatic rings. The van der Waals surface area contributed by atoms with E-state index >= 15 is 0 Å². The molecule has 0 spiro atoms. The normalized spacial score (nSPS) is 11.3. The van der Waals surface area contributed by atoms with Crippen LogP contribution >= 0.6 is 11.3 Å². The van der Waals surface area contributed by atoms with E-state index in [2.05, 4.69) is 39.0 Å². The summed E-state index contributed by atoms with van der Waals surface area (Å²) in [5, 5.41) is 9.60. The number of thiophene rings is 1. The van der Waals surface area contributed by atoms with Gasteiger partial charge in [0, 0.05) is 29.8 Å². The quantitative estimate of drug-likeness (QED) is 0.616. The van der Waals surface area contributed by atoms with Gasteiger partial charge in [0.25, 0.3) is 5.56 Å². The Labute approximate surface area is 168 Å². The Balaban J connectivity index is 2.21. The van der Waals surface area contributed by atoms with Crippen LogP contribution in [0.4, 0.5) is 0 Å². The highest BCUT2D eigenvalue weighted by molar-refractivity contribution is 7.19. The number of hydrogen-bond donors (Lipinski definition) is 1. The van der Waals surface area contributed by atoms with Crippen molar-refractivity contribution < 1.29 is 9.90 Å². The van der Waals surface area contributed by atoms with E-state index < -0.39 is 5.97 Å². The fraction of sp³-hybridized carbons (Fsp3) is 0.409. The van der Waals surface area contributed by atoms with Crippen LogP contribution in [0.5, 0.6) is 0 Å². The van der Waals surface area contributed by atoms with Crippen LogP contribution in [0.25, 0.3) is 21.3 Å². The van der Waals surface area contributed by atoms with Gasteiger partial charge >= 0.3 is 5.97 Å². The Hall–Kier alpha value is -2.47. The molecule has 3 rings (SSSR count). The van der Waals surface area contributed by atoms with Crippen LogP contribution in [0.1, 0.15) is 48.0 Å². The number of rotatable bonds is 7. The summed E-state index contributed by atoms with van der Waals surface area (Å²) in [6, 6.07) is 6.26.